The van der Waals surface area contributed by atoms with Crippen LogP contribution in [0.3, 0.4) is 0 Å². The van der Waals surface area contributed by atoms with Crippen LogP contribution in [0, 0.1) is 11.2 Å². The highest BCUT2D eigenvalue weighted by molar-refractivity contribution is 5.93. The van der Waals surface area contributed by atoms with Gasteiger partial charge in [0.05, 0.1) is 11.1 Å². The monoisotopic (exact) mass is 388 g/mol. The summed E-state index contributed by atoms with van der Waals surface area (Å²) in [5, 5.41) is 17.8. The zero-order valence-electron chi connectivity index (χ0n) is 14.3. The predicted octanol–water partition coefficient (Wildman–Crippen LogP) is 2.66. The zero-order chi connectivity index (χ0) is 20.4. The third kappa shape index (κ3) is 4.60. The van der Waals surface area contributed by atoms with E-state index in [0.29, 0.717) is 4.68 Å². The summed E-state index contributed by atoms with van der Waals surface area (Å²) < 4.78 is 54.0. The van der Waals surface area contributed by atoms with Gasteiger partial charge in [0.15, 0.2) is 11.4 Å². The molecule has 7 nitrogen and oxygen atoms in total. The van der Waals surface area contributed by atoms with Crippen molar-refractivity contribution in [2.24, 2.45) is 5.41 Å². The minimum atomic E-state index is -4.98. The van der Waals surface area contributed by atoms with Crippen molar-refractivity contribution < 1.29 is 32.3 Å². The Morgan fingerprint density at radius 3 is 2.48 bits per heavy atom. The van der Waals surface area contributed by atoms with Gasteiger partial charge in [0.1, 0.15) is 5.82 Å². The second-order valence-corrected chi connectivity index (χ2v) is 6.37. The quantitative estimate of drug-likeness (QED) is 0.742. The highest BCUT2D eigenvalue weighted by atomic mass is 19.4. The number of carboxylic acid groups (broad SMARTS) is 1. The highest BCUT2D eigenvalue weighted by Crippen LogP contribution is 2.32. The molecule has 2 rings (SSSR count). The smallest absolute Gasteiger partial charge is 0.435 e. The third-order valence-corrected chi connectivity index (χ3v) is 3.82. The lowest BCUT2D eigenvalue weighted by atomic mass is 9.90. The van der Waals surface area contributed by atoms with Gasteiger partial charge in [-0.15, -0.1) is 5.10 Å². The van der Waals surface area contributed by atoms with Crippen molar-refractivity contribution in [3.05, 3.63) is 41.5 Å². The number of halogens is 4. The number of carboxylic acids is 1. The Labute approximate surface area is 151 Å². The second kappa shape index (κ2) is 7.33. The van der Waals surface area contributed by atoms with Crippen LogP contribution in [0.5, 0.6) is 0 Å². The molecule has 11 heteroatoms. The highest BCUT2D eigenvalue weighted by Gasteiger charge is 2.42. The first-order valence-corrected chi connectivity index (χ1v) is 7.74. The molecule has 0 atom stereocenters. The van der Waals surface area contributed by atoms with E-state index in [-0.39, 0.29) is 18.7 Å². The van der Waals surface area contributed by atoms with Gasteiger partial charge in [-0.2, -0.15) is 13.2 Å². The first kappa shape index (κ1) is 20.3. The Kier molecular flexibility index (Phi) is 5.52. The number of alkyl halides is 3. The molecule has 146 valence electrons. The van der Waals surface area contributed by atoms with E-state index < -0.39 is 40.7 Å². The molecule has 0 saturated carbocycles. The first-order valence-electron chi connectivity index (χ1n) is 7.74. The molecule has 1 heterocycles. The SMILES string of the molecule is CC(C)(CCNC(=O)c1nnn(-c2cccc(F)c2)c1C(F)(F)F)C(=O)O. The number of aromatic nitrogens is 3. The van der Waals surface area contributed by atoms with E-state index in [0.717, 1.165) is 12.1 Å². The Hall–Kier alpha value is -2.98. The van der Waals surface area contributed by atoms with Crippen molar-refractivity contribution in [2.75, 3.05) is 6.54 Å². The van der Waals surface area contributed by atoms with E-state index in [1.807, 2.05) is 0 Å². The van der Waals surface area contributed by atoms with Crippen molar-refractivity contribution in [3.63, 3.8) is 0 Å². The molecule has 1 amide bonds. The average molecular weight is 388 g/mol. The number of nitrogens with one attached hydrogen (secondary N) is 1. The third-order valence-electron chi connectivity index (χ3n) is 3.82. The standard InChI is InChI=1S/C16H16F4N4O3/c1-15(2,14(26)27)6-7-21-13(25)11-12(16(18,19)20)24(23-22-11)10-5-3-4-9(17)8-10/h3-5,8H,6-7H2,1-2H3,(H,21,25)(H,26,27). The zero-order valence-corrected chi connectivity index (χ0v) is 14.3. The maximum atomic E-state index is 13.5. The van der Waals surface area contributed by atoms with E-state index >= 15 is 0 Å². The molecule has 1 aromatic heterocycles. The van der Waals surface area contributed by atoms with Crippen molar-refractivity contribution in [3.8, 4) is 5.69 Å². The molecule has 2 N–H and O–H groups in total. The minimum Gasteiger partial charge on any atom is -0.481 e. The summed E-state index contributed by atoms with van der Waals surface area (Å²) in [7, 11) is 0. The number of carbonyl (C=O) groups is 2. The van der Waals surface area contributed by atoms with E-state index in [4.69, 9.17) is 5.11 Å². The number of benzene rings is 1. The molecule has 0 bridgehead atoms. The molecule has 0 fully saturated rings. The summed E-state index contributed by atoms with van der Waals surface area (Å²) in [5.41, 5.74) is -3.86. The van der Waals surface area contributed by atoms with E-state index in [2.05, 4.69) is 15.6 Å². The fourth-order valence-electron chi connectivity index (χ4n) is 2.16. The molecule has 0 spiro atoms. The lowest BCUT2D eigenvalue weighted by Crippen LogP contribution is -2.33. The number of aliphatic carboxylic acids is 1. The molecule has 0 unspecified atom stereocenters. The van der Waals surface area contributed by atoms with E-state index in [1.165, 1.54) is 26.0 Å². The molecule has 0 aliphatic rings. The van der Waals surface area contributed by atoms with Crippen LogP contribution in [0.2, 0.25) is 0 Å². The Morgan fingerprint density at radius 2 is 1.93 bits per heavy atom. The summed E-state index contributed by atoms with van der Waals surface area (Å²) in [4.78, 5) is 23.2. The largest absolute Gasteiger partial charge is 0.481 e. The van der Waals surface area contributed by atoms with Crippen LogP contribution in [0.4, 0.5) is 17.6 Å². The molecular weight excluding hydrogens is 372 g/mol. The lowest BCUT2D eigenvalue weighted by Gasteiger charge is -2.18. The van der Waals surface area contributed by atoms with Gasteiger partial charge in [0, 0.05) is 6.54 Å². The van der Waals surface area contributed by atoms with Crippen LogP contribution < -0.4 is 5.32 Å². The molecule has 1 aromatic carbocycles. The molecule has 2 aromatic rings. The number of rotatable bonds is 6. The minimum absolute atomic E-state index is 0.00649. The maximum Gasteiger partial charge on any atom is 0.435 e. The number of amides is 1. The Morgan fingerprint density at radius 1 is 1.26 bits per heavy atom. The maximum absolute atomic E-state index is 13.5. The topological polar surface area (TPSA) is 97.1 Å². The molecular formula is C16H16F4N4O3. The summed E-state index contributed by atoms with van der Waals surface area (Å²) in [6.45, 7) is 2.66. The van der Waals surface area contributed by atoms with Gasteiger partial charge < -0.3 is 10.4 Å². The van der Waals surface area contributed by atoms with Crippen molar-refractivity contribution in [1.29, 1.82) is 0 Å². The van der Waals surface area contributed by atoms with Gasteiger partial charge in [0.2, 0.25) is 0 Å². The molecule has 27 heavy (non-hydrogen) atoms. The molecule has 0 aliphatic heterocycles. The van der Waals surface area contributed by atoms with Crippen molar-refractivity contribution in [2.45, 2.75) is 26.4 Å². The van der Waals surface area contributed by atoms with Crippen molar-refractivity contribution in [1.82, 2.24) is 20.3 Å². The summed E-state index contributed by atoms with van der Waals surface area (Å²) in [5.74, 6) is -3.05. The van der Waals surface area contributed by atoms with Crippen LogP contribution in [-0.4, -0.2) is 38.5 Å². The van der Waals surface area contributed by atoms with Crippen LogP contribution in [0.1, 0.15) is 36.5 Å². The van der Waals surface area contributed by atoms with Crippen LogP contribution in [-0.2, 0) is 11.0 Å². The summed E-state index contributed by atoms with van der Waals surface area (Å²) >= 11 is 0. The summed E-state index contributed by atoms with van der Waals surface area (Å²) in [6, 6.07) is 4.25. The normalized spacial score (nSPS) is 12.1. The summed E-state index contributed by atoms with van der Waals surface area (Å²) in [6.07, 6.45) is -4.99. The number of nitrogens with zero attached hydrogens (tertiary/aromatic N) is 3. The Bertz CT molecular complexity index is 862. The van der Waals surface area contributed by atoms with Crippen LogP contribution in [0.15, 0.2) is 24.3 Å². The van der Waals surface area contributed by atoms with Crippen molar-refractivity contribution >= 4 is 11.9 Å². The number of hydrogen-bond donors (Lipinski definition) is 2. The van der Waals surface area contributed by atoms with Gasteiger partial charge in [-0.25, -0.2) is 9.07 Å². The number of carbonyl (C=O) groups excluding carboxylic acids is 1. The van der Waals surface area contributed by atoms with Gasteiger partial charge in [-0.1, -0.05) is 11.3 Å². The molecule has 0 aliphatic carbocycles. The van der Waals surface area contributed by atoms with Crippen LogP contribution in [0.25, 0.3) is 5.69 Å². The van der Waals surface area contributed by atoms with Gasteiger partial charge in [0.25, 0.3) is 5.91 Å². The number of hydrogen-bond acceptors (Lipinski definition) is 4. The van der Waals surface area contributed by atoms with E-state index in [9.17, 15) is 27.2 Å². The average Bonchev–Trinajstić information content (AvgIpc) is 2.99. The van der Waals surface area contributed by atoms with E-state index in [1.54, 1.807) is 0 Å². The first-order chi connectivity index (χ1) is 12.4. The van der Waals surface area contributed by atoms with Gasteiger partial charge >= 0.3 is 12.1 Å². The Balaban J connectivity index is 2.29. The molecule has 0 radical (unpaired) electrons. The van der Waals surface area contributed by atoms with Gasteiger partial charge in [-0.05, 0) is 38.5 Å². The van der Waals surface area contributed by atoms with Gasteiger partial charge in [-0.3, -0.25) is 9.59 Å². The fraction of sp³-hybridized carbons (Fsp3) is 0.375. The molecule has 0 saturated heterocycles. The van der Waals surface area contributed by atoms with Crippen LogP contribution >= 0.6 is 0 Å². The predicted molar refractivity (Wildman–Crippen MR) is 84.7 cm³/mol. The fourth-order valence-corrected chi connectivity index (χ4v) is 2.16. The second-order valence-electron chi connectivity index (χ2n) is 6.37. The lowest BCUT2D eigenvalue weighted by molar-refractivity contribution is -0.147.